The standard InChI is InChI=1S/C23H31ClN4O/c1-17-12-18(2)14-28(13-17)22(29)16-27-10-8-26(9-11-27)15-19-5-6-21(24)20-4-3-7-25-23(19)20/h3-7,17-18H,8-16H2,1-2H3. The van der Waals surface area contributed by atoms with E-state index in [9.17, 15) is 4.79 Å². The van der Waals surface area contributed by atoms with E-state index in [-0.39, 0.29) is 0 Å². The number of pyridine rings is 1. The molecule has 1 aromatic heterocycles. The van der Waals surface area contributed by atoms with Crippen LogP contribution < -0.4 is 0 Å². The molecule has 2 aromatic rings. The second kappa shape index (κ2) is 8.99. The second-order valence-electron chi connectivity index (χ2n) is 8.90. The maximum Gasteiger partial charge on any atom is 0.236 e. The molecule has 2 atom stereocenters. The van der Waals surface area contributed by atoms with Crippen molar-refractivity contribution in [2.75, 3.05) is 45.8 Å². The molecule has 2 aliphatic heterocycles. The first-order valence-electron chi connectivity index (χ1n) is 10.7. The summed E-state index contributed by atoms with van der Waals surface area (Å²) in [6, 6.07) is 8.01. The van der Waals surface area contributed by atoms with E-state index in [1.54, 1.807) is 0 Å². The van der Waals surface area contributed by atoms with Crippen LogP contribution >= 0.6 is 11.6 Å². The first kappa shape index (κ1) is 20.6. The lowest BCUT2D eigenvalue weighted by molar-refractivity contribution is -0.135. The molecule has 29 heavy (non-hydrogen) atoms. The third-order valence-corrected chi connectivity index (χ3v) is 6.57. The van der Waals surface area contributed by atoms with Gasteiger partial charge in [0.25, 0.3) is 0 Å². The number of benzene rings is 1. The highest BCUT2D eigenvalue weighted by atomic mass is 35.5. The van der Waals surface area contributed by atoms with Gasteiger partial charge in [0.05, 0.1) is 12.1 Å². The van der Waals surface area contributed by atoms with Crippen molar-refractivity contribution in [3.8, 4) is 0 Å². The summed E-state index contributed by atoms with van der Waals surface area (Å²) in [6.45, 7) is 11.6. The third-order valence-electron chi connectivity index (χ3n) is 6.24. The van der Waals surface area contributed by atoms with Crippen LogP contribution in [0.5, 0.6) is 0 Å². The number of piperidine rings is 1. The van der Waals surface area contributed by atoms with E-state index < -0.39 is 0 Å². The molecule has 0 radical (unpaired) electrons. The molecule has 2 unspecified atom stereocenters. The van der Waals surface area contributed by atoms with E-state index in [2.05, 4.69) is 39.6 Å². The van der Waals surface area contributed by atoms with Gasteiger partial charge in [0.15, 0.2) is 0 Å². The van der Waals surface area contributed by atoms with Crippen LogP contribution in [0, 0.1) is 11.8 Å². The number of hydrogen-bond acceptors (Lipinski definition) is 4. The molecule has 5 nitrogen and oxygen atoms in total. The monoisotopic (exact) mass is 414 g/mol. The van der Waals surface area contributed by atoms with Crippen LogP contribution in [0.2, 0.25) is 5.02 Å². The number of amides is 1. The summed E-state index contributed by atoms with van der Waals surface area (Å²) < 4.78 is 0. The molecule has 0 N–H and O–H groups in total. The van der Waals surface area contributed by atoms with Gasteiger partial charge in [0, 0.05) is 62.4 Å². The van der Waals surface area contributed by atoms with Crippen molar-refractivity contribution < 1.29 is 4.79 Å². The fraction of sp³-hybridized carbons (Fsp3) is 0.565. The van der Waals surface area contributed by atoms with Gasteiger partial charge >= 0.3 is 0 Å². The molecule has 156 valence electrons. The Morgan fingerprint density at radius 1 is 1.07 bits per heavy atom. The van der Waals surface area contributed by atoms with Crippen molar-refractivity contribution in [2.24, 2.45) is 11.8 Å². The molecule has 6 heteroatoms. The average molecular weight is 415 g/mol. The van der Waals surface area contributed by atoms with E-state index in [1.807, 2.05) is 24.4 Å². The highest BCUT2D eigenvalue weighted by Gasteiger charge is 2.27. The molecule has 2 saturated heterocycles. The molecule has 0 bridgehead atoms. The summed E-state index contributed by atoms with van der Waals surface area (Å²) >= 11 is 6.33. The maximum atomic E-state index is 12.8. The lowest BCUT2D eigenvalue weighted by Gasteiger charge is -2.38. The lowest BCUT2D eigenvalue weighted by atomic mass is 9.92. The van der Waals surface area contributed by atoms with Gasteiger partial charge in [-0.2, -0.15) is 0 Å². The number of carbonyl (C=O) groups excluding carboxylic acids is 1. The normalized spacial score (nSPS) is 24.2. The number of halogens is 1. The molecule has 4 rings (SSSR count). The second-order valence-corrected chi connectivity index (χ2v) is 9.31. The smallest absolute Gasteiger partial charge is 0.236 e. The van der Waals surface area contributed by atoms with Gasteiger partial charge in [-0.25, -0.2) is 0 Å². The fourth-order valence-electron chi connectivity index (χ4n) is 4.83. The minimum atomic E-state index is 0.296. The molecular formula is C23H31ClN4O. The highest BCUT2D eigenvalue weighted by molar-refractivity contribution is 6.35. The van der Waals surface area contributed by atoms with Gasteiger partial charge < -0.3 is 4.90 Å². The lowest BCUT2D eigenvalue weighted by Crippen LogP contribution is -2.51. The average Bonchev–Trinajstić information content (AvgIpc) is 2.71. The van der Waals surface area contributed by atoms with Gasteiger partial charge in [-0.3, -0.25) is 19.6 Å². The number of rotatable bonds is 4. The number of fused-ring (bicyclic) bond motifs is 1. The Hall–Kier alpha value is -1.69. The van der Waals surface area contributed by atoms with Crippen molar-refractivity contribution >= 4 is 28.4 Å². The van der Waals surface area contributed by atoms with E-state index >= 15 is 0 Å². The van der Waals surface area contributed by atoms with Gasteiger partial charge in [0.1, 0.15) is 0 Å². The van der Waals surface area contributed by atoms with E-state index in [1.165, 1.54) is 12.0 Å². The Morgan fingerprint density at radius 3 is 2.48 bits per heavy atom. The van der Waals surface area contributed by atoms with E-state index in [0.717, 1.165) is 61.7 Å². The molecule has 1 amide bonds. The fourth-order valence-corrected chi connectivity index (χ4v) is 5.04. The Bertz CT molecular complexity index is 855. The third kappa shape index (κ3) is 4.90. The van der Waals surface area contributed by atoms with Crippen molar-refractivity contribution in [3.05, 3.63) is 41.0 Å². The number of carbonyl (C=O) groups is 1. The van der Waals surface area contributed by atoms with Crippen LogP contribution in [0.15, 0.2) is 30.5 Å². The first-order chi connectivity index (χ1) is 14.0. The molecule has 2 aliphatic rings. The minimum Gasteiger partial charge on any atom is -0.341 e. The number of likely N-dealkylation sites (tertiary alicyclic amines) is 1. The summed E-state index contributed by atoms with van der Waals surface area (Å²) in [6.07, 6.45) is 3.06. The van der Waals surface area contributed by atoms with Crippen LogP contribution in [0.25, 0.3) is 10.9 Å². The molecule has 1 aromatic carbocycles. The topological polar surface area (TPSA) is 39.7 Å². The summed E-state index contributed by atoms with van der Waals surface area (Å²) in [4.78, 5) is 24.1. The van der Waals surface area contributed by atoms with Crippen LogP contribution in [-0.2, 0) is 11.3 Å². The van der Waals surface area contributed by atoms with Crippen LogP contribution in [0.4, 0.5) is 0 Å². The Morgan fingerprint density at radius 2 is 1.76 bits per heavy atom. The van der Waals surface area contributed by atoms with Gasteiger partial charge in [0.2, 0.25) is 5.91 Å². The van der Waals surface area contributed by atoms with Crippen molar-refractivity contribution in [1.82, 2.24) is 19.7 Å². The molecule has 0 saturated carbocycles. The van der Waals surface area contributed by atoms with Gasteiger partial charge in [-0.05, 0) is 42.0 Å². The zero-order chi connectivity index (χ0) is 20.4. The van der Waals surface area contributed by atoms with Gasteiger partial charge in [-0.1, -0.05) is 31.5 Å². The van der Waals surface area contributed by atoms with Crippen molar-refractivity contribution in [2.45, 2.75) is 26.8 Å². The Labute approximate surface area is 178 Å². The Balaban J connectivity index is 1.31. The molecule has 0 aliphatic carbocycles. The van der Waals surface area contributed by atoms with Crippen molar-refractivity contribution in [1.29, 1.82) is 0 Å². The van der Waals surface area contributed by atoms with Gasteiger partial charge in [-0.15, -0.1) is 0 Å². The maximum absolute atomic E-state index is 12.8. The van der Waals surface area contributed by atoms with Crippen molar-refractivity contribution in [3.63, 3.8) is 0 Å². The minimum absolute atomic E-state index is 0.296. The SMILES string of the molecule is CC1CC(C)CN(C(=O)CN2CCN(Cc3ccc(Cl)c4cccnc34)CC2)C1. The predicted molar refractivity (Wildman–Crippen MR) is 118 cm³/mol. The molecule has 3 heterocycles. The number of nitrogens with zero attached hydrogens (tertiary/aromatic N) is 4. The molecular weight excluding hydrogens is 384 g/mol. The summed E-state index contributed by atoms with van der Waals surface area (Å²) in [7, 11) is 0. The largest absolute Gasteiger partial charge is 0.341 e. The van der Waals surface area contributed by atoms with E-state index in [0.29, 0.717) is 24.3 Å². The van der Waals surface area contributed by atoms with Crippen LogP contribution in [0.3, 0.4) is 0 Å². The van der Waals surface area contributed by atoms with Crippen LogP contribution in [-0.4, -0.2) is 71.4 Å². The summed E-state index contributed by atoms with van der Waals surface area (Å²) in [5, 5.41) is 1.77. The summed E-state index contributed by atoms with van der Waals surface area (Å²) in [5.74, 6) is 1.52. The predicted octanol–water partition coefficient (Wildman–Crippen LogP) is 3.51. The summed E-state index contributed by atoms with van der Waals surface area (Å²) in [5.41, 5.74) is 2.21. The molecule has 0 spiro atoms. The quantitative estimate of drug-likeness (QED) is 0.767. The number of aromatic nitrogens is 1. The zero-order valence-corrected chi connectivity index (χ0v) is 18.2. The zero-order valence-electron chi connectivity index (χ0n) is 17.5. The molecule has 2 fully saturated rings. The number of hydrogen-bond donors (Lipinski definition) is 0. The number of piperazine rings is 1. The van der Waals surface area contributed by atoms with E-state index in [4.69, 9.17) is 11.6 Å². The highest BCUT2D eigenvalue weighted by Crippen LogP contribution is 2.26. The first-order valence-corrected chi connectivity index (χ1v) is 11.1. The van der Waals surface area contributed by atoms with Crippen LogP contribution in [0.1, 0.15) is 25.8 Å². The Kier molecular flexibility index (Phi) is 6.38.